The minimum absolute atomic E-state index is 0.203. The molecule has 4 rings (SSSR count). The molecule has 0 N–H and O–H groups in total. The summed E-state index contributed by atoms with van der Waals surface area (Å²) in [5, 5.41) is 0.496. The molecule has 0 amide bonds. The fraction of sp³-hybridized carbons (Fsp3) is 0.600. The predicted octanol–water partition coefficient (Wildman–Crippen LogP) is 4.29. The predicted molar refractivity (Wildman–Crippen MR) is 116 cm³/mol. The van der Waals surface area contributed by atoms with Gasteiger partial charge in [0.15, 0.2) is 0 Å². The third kappa shape index (κ3) is 3.13. The van der Waals surface area contributed by atoms with Crippen LogP contribution in [0.25, 0.3) is 10.9 Å². The summed E-state index contributed by atoms with van der Waals surface area (Å²) in [5.74, 6) is 1.19. The number of piperidine rings is 1. The van der Waals surface area contributed by atoms with Crippen LogP contribution in [0.2, 0.25) is 18.1 Å². The van der Waals surface area contributed by atoms with Gasteiger partial charge in [-0.2, -0.15) is 0 Å². The van der Waals surface area contributed by atoms with E-state index < -0.39 is 14.1 Å². The SMILES string of the molecule is Cn1c(N2C[C@@H]3C(O[Si-](C)(C)C(C)(C)C)[C@@H]3C2)nc2c(Br)cc(F)cc2c1=O. The van der Waals surface area contributed by atoms with Crippen molar-refractivity contribution in [2.45, 2.75) is 45.0 Å². The number of anilines is 1. The second-order valence-electron chi connectivity index (χ2n) is 9.64. The van der Waals surface area contributed by atoms with Gasteiger partial charge in [0.2, 0.25) is 5.95 Å². The number of nitrogens with zero attached hydrogens (tertiary/aromatic N) is 3. The minimum Gasteiger partial charge on any atom is -0.562 e. The van der Waals surface area contributed by atoms with Gasteiger partial charge in [-0.05, 0) is 36.4 Å². The topological polar surface area (TPSA) is 47.4 Å². The first-order valence-corrected chi connectivity index (χ1v) is 13.4. The summed E-state index contributed by atoms with van der Waals surface area (Å²) < 4.78 is 22.3. The van der Waals surface area contributed by atoms with Crippen LogP contribution in [-0.2, 0) is 11.5 Å². The molecule has 2 fully saturated rings. The molecular formula is C20H27BrFN3O2Si-. The van der Waals surface area contributed by atoms with Gasteiger partial charge in [0, 0.05) is 42.5 Å². The van der Waals surface area contributed by atoms with Gasteiger partial charge in [-0.25, -0.2) is 9.37 Å². The second kappa shape index (κ2) is 6.37. The quantitative estimate of drug-likeness (QED) is 0.631. The van der Waals surface area contributed by atoms with E-state index in [9.17, 15) is 9.18 Å². The third-order valence-corrected chi connectivity index (χ3v) is 11.8. The minimum atomic E-state index is -1.77. The van der Waals surface area contributed by atoms with Crippen molar-refractivity contribution in [3.63, 3.8) is 0 Å². The maximum atomic E-state index is 13.7. The highest BCUT2D eigenvalue weighted by atomic mass is 79.9. The molecule has 28 heavy (non-hydrogen) atoms. The van der Waals surface area contributed by atoms with Crippen LogP contribution in [0, 0.1) is 17.7 Å². The Balaban J connectivity index is 1.57. The van der Waals surface area contributed by atoms with Crippen LogP contribution in [-0.4, -0.2) is 37.1 Å². The molecule has 1 aliphatic carbocycles. The third-order valence-electron chi connectivity index (χ3n) is 6.71. The average Bonchev–Trinajstić information content (AvgIpc) is 3.01. The van der Waals surface area contributed by atoms with Gasteiger partial charge in [0.1, 0.15) is 5.82 Å². The molecule has 1 saturated heterocycles. The summed E-state index contributed by atoms with van der Waals surface area (Å²) in [4.78, 5) is 19.6. The molecule has 153 valence electrons. The van der Waals surface area contributed by atoms with E-state index in [0.29, 0.717) is 39.3 Å². The Kier molecular flexibility index (Phi) is 4.56. The summed E-state index contributed by atoms with van der Waals surface area (Å²) >= 11 is 3.35. The first kappa shape index (κ1) is 20.0. The summed E-state index contributed by atoms with van der Waals surface area (Å²) in [5.41, 5.74) is 0.281. The molecule has 8 heteroatoms. The molecule has 3 atom stereocenters. The highest BCUT2D eigenvalue weighted by Gasteiger charge is 2.57. The Morgan fingerprint density at radius 2 is 1.86 bits per heavy atom. The highest BCUT2D eigenvalue weighted by molar-refractivity contribution is 9.10. The van der Waals surface area contributed by atoms with Gasteiger partial charge < -0.3 is 9.33 Å². The zero-order valence-electron chi connectivity index (χ0n) is 17.2. The zero-order valence-corrected chi connectivity index (χ0v) is 19.8. The monoisotopic (exact) mass is 467 g/mol. The molecule has 1 saturated carbocycles. The molecule has 1 aromatic carbocycles. The molecule has 2 aromatic rings. The van der Waals surface area contributed by atoms with E-state index in [1.54, 1.807) is 7.05 Å². The lowest BCUT2D eigenvalue weighted by Gasteiger charge is -2.49. The molecule has 1 unspecified atom stereocenters. The summed E-state index contributed by atoms with van der Waals surface area (Å²) in [7, 11) is -0.0680. The van der Waals surface area contributed by atoms with Crippen molar-refractivity contribution in [3.8, 4) is 0 Å². The molecular weight excluding hydrogens is 441 g/mol. The Labute approximate surface area is 174 Å². The molecule has 2 heterocycles. The van der Waals surface area contributed by atoms with E-state index >= 15 is 0 Å². The van der Waals surface area contributed by atoms with Gasteiger partial charge in [-0.1, -0.05) is 20.8 Å². The first-order chi connectivity index (χ1) is 12.9. The van der Waals surface area contributed by atoms with E-state index in [0.717, 1.165) is 13.1 Å². The van der Waals surface area contributed by atoms with Crippen molar-refractivity contribution >= 4 is 41.1 Å². The number of rotatable bonds is 3. The van der Waals surface area contributed by atoms with Crippen molar-refractivity contribution < 1.29 is 8.82 Å². The van der Waals surface area contributed by atoms with Crippen molar-refractivity contribution in [1.29, 1.82) is 0 Å². The van der Waals surface area contributed by atoms with Crippen LogP contribution in [0.3, 0.4) is 0 Å². The molecule has 0 radical (unpaired) electrons. The molecule has 1 aliphatic heterocycles. The smallest absolute Gasteiger partial charge is 0.262 e. The molecule has 0 bridgehead atoms. The Morgan fingerprint density at radius 3 is 2.43 bits per heavy atom. The Bertz CT molecular complexity index is 1010. The second-order valence-corrected chi connectivity index (χ2v) is 15.2. The average molecular weight is 468 g/mol. The van der Waals surface area contributed by atoms with E-state index in [-0.39, 0.29) is 10.6 Å². The van der Waals surface area contributed by atoms with E-state index in [1.165, 1.54) is 16.7 Å². The van der Waals surface area contributed by atoms with Crippen LogP contribution in [0.4, 0.5) is 10.3 Å². The lowest BCUT2D eigenvalue weighted by Crippen LogP contribution is -2.43. The van der Waals surface area contributed by atoms with Crippen LogP contribution in [0.15, 0.2) is 21.4 Å². The molecule has 0 spiro atoms. The van der Waals surface area contributed by atoms with Crippen molar-refractivity contribution in [3.05, 3.63) is 32.8 Å². The summed E-state index contributed by atoms with van der Waals surface area (Å²) in [6.45, 7) is 13.1. The first-order valence-electron chi connectivity index (χ1n) is 9.69. The Morgan fingerprint density at radius 1 is 1.25 bits per heavy atom. The van der Waals surface area contributed by atoms with Crippen molar-refractivity contribution in [1.82, 2.24) is 9.55 Å². The summed E-state index contributed by atoms with van der Waals surface area (Å²) in [6, 6.07) is 2.60. The molecule has 5 nitrogen and oxygen atoms in total. The van der Waals surface area contributed by atoms with Crippen LogP contribution in [0.5, 0.6) is 0 Å². The standard InChI is InChI=1S/C20H27BrFN3O2Si/c1-20(2,3)28(5,6)27-17-13-9-25(10-14(13)17)19-23-16-12(18(26)24(19)4)7-11(22)8-15(16)21/h7-8,13-14,17H,9-10H2,1-6H3/q-1/t13-,14+,17?. The van der Waals surface area contributed by atoms with Crippen LogP contribution < -0.4 is 10.5 Å². The van der Waals surface area contributed by atoms with Crippen molar-refractivity contribution in [2.24, 2.45) is 18.9 Å². The van der Waals surface area contributed by atoms with Gasteiger partial charge in [0.05, 0.1) is 10.9 Å². The fourth-order valence-electron chi connectivity index (χ4n) is 3.90. The number of fused-ring (bicyclic) bond motifs is 2. The van der Waals surface area contributed by atoms with E-state index in [4.69, 9.17) is 9.41 Å². The Hall–Kier alpha value is -1.25. The highest BCUT2D eigenvalue weighted by Crippen LogP contribution is 2.52. The van der Waals surface area contributed by atoms with Crippen LogP contribution in [0.1, 0.15) is 20.8 Å². The number of hydrogen-bond donors (Lipinski definition) is 0. The van der Waals surface area contributed by atoms with Crippen molar-refractivity contribution in [2.75, 3.05) is 18.0 Å². The molecule has 2 aliphatic rings. The lowest BCUT2D eigenvalue weighted by atomic mass is 10.2. The van der Waals surface area contributed by atoms with Crippen LogP contribution >= 0.6 is 15.9 Å². The maximum absolute atomic E-state index is 13.7. The van der Waals surface area contributed by atoms with Gasteiger partial charge in [-0.3, -0.25) is 9.36 Å². The normalized spacial score (nSPS) is 24.7. The fourth-order valence-corrected chi connectivity index (χ4v) is 5.80. The summed E-state index contributed by atoms with van der Waals surface area (Å²) in [6.07, 6.45) is 0.329. The number of benzene rings is 1. The maximum Gasteiger partial charge on any atom is 0.262 e. The number of hydrogen-bond acceptors (Lipinski definition) is 4. The van der Waals surface area contributed by atoms with Gasteiger partial charge in [-0.15, -0.1) is 18.1 Å². The largest absolute Gasteiger partial charge is 0.562 e. The number of halogens is 2. The molecule has 1 aromatic heterocycles. The van der Waals surface area contributed by atoms with Gasteiger partial charge >= 0.3 is 0 Å². The van der Waals surface area contributed by atoms with E-state index in [1.807, 2.05) is 0 Å². The van der Waals surface area contributed by atoms with E-state index in [2.05, 4.69) is 54.7 Å². The lowest BCUT2D eigenvalue weighted by molar-refractivity contribution is 0.240. The zero-order chi connectivity index (χ0) is 20.6. The van der Waals surface area contributed by atoms with Gasteiger partial charge in [0.25, 0.3) is 5.56 Å². The number of aromatic nitrogens is 2.